The summed E-state index contributed by atoms with van der Waals surface area (Å²) in [6.45, 7) is 4.60. The summed E-state index contributed by atoms with van der Waals surface area (Å²) in [4.78, 5) is 26.5. The number of carbonyl (C=O) groups excluding carboxylic acids is 2. The molecule has 2 heterocycles. The summed E-state index contributed by atoms with van der Waals surface area (Å²) in [5, 5.41) is 6.24. The van der Waals surface area contributed by atoms with Gasteiger partial charge in [-0.15, -0.1) is 0 Å². The molecule has 0 aromatic rings. The van der Waals surface area contributed by atoms with Crippen molar-refractivity contribution in [3.05, 3.63) is 0 Å². The molecule has 19 heavy (non-hydrogen) atoms. The summed E-state index contributed by atoms with van der Waals surface area (Å²) >= 11 is 0. The van der Waals surface area contributed by atoms with Crippen molar-refractivity contribution >= 4 is 11.8 Å². The van der Waals surface area contributed by atoms with E-state index in [1.54, 1.807) is 0 Å². The summed E-state index contributed by atoms with van der Waals surface area (Å²) in [5.74, 6) is 0.711. The molecule has 2 saturated heterocycles. The molecule has 2 aliphatic heterocycles. The SMILES string of the molecule is CC(C(=O)N1CCCC1C(=O)NC1CC1)C1CNC1. The molecule has 5 nitrogen and oxygen atoms in total. The molecule has 0 aromatic carbocycles. The van der Waals surface area contributed by atoms with E-state index in [9.17, 15) is 9.59 Å². The van der Waals surface area contributed by atoms with Crippen LogP contribution in [-0.2, 0) is 9.59 Å². The Balaban J connectivity index is 1.60. The minimum Gasteiger partial charge on any atom is -0.352 e. The average Bonchev–Trinajstić information content (AvgIpc) is 2.99. The summed E-state index contributed by atoms with van der Waals surface area (Å²) < 4.78 is 0. The second-order valence-electron chi connectivity index (χ2n) is 6.18. The van der Waals surface area contributed by atoms with Crippen LogP contribution in [0.1, 0.15) is 32.6 Å². The fourth-order valence-electron chi connectivity index (χ4n) is 2.96. The van der Waals surface area contributed by atoms with Crippen LogP contribution in [-0.4, -0.2) is 48.4 Å². The molecule has 2 atom stereocenters. The molecular weight excluding hydrogens is 242 g/mol. The zero-order valence-corrected chi connectivity index (χ0v) is 11.5. The van der Waals surface area contributed by atoms with Gasteiger partial charge < -0.3 is 15.5 Å². The number of amides is 2. The first-order valence-electron chi connectivity index (χ1n) is 7.48. The monoisotopic (exact) mass is 265 g/mol. The third-order valence-corrected chi connectivity index (χ3v) is 4.67. The van der Waals surface area contributed by atoms with E-state index in [0.717, 1.165) is 45.3 Å². The number of nitrogens with one attached hydrogen (secondary N) is 2. The molecule has 2 amide bonds. The highest BCUT2D eigenvalue weighted by atomic mass is 16.2. The number of carbonyl (C=O) groups is 2. The number of hydrogen-bond donors (Lipinski definition) is 2. The van der Waals surface area contributed by atoms with Gasteiger partial charge in [-0.1, -0.05) is 6.92 Å². The maximum absolute atomic E-state index is 12.5. The lowest BCUT2D eigenvalue weighted by Crippen LogP contribution is -2.53. The van der Waals surface area contributed by atoms with E-state index in [-0.39, 0.29) is 23.8 Å². The lowest BCUT2D eigenvalue weighted by molar-refractivity contribution is -0.143. The van der Waals surface area contributed by atoms with E-state index >= 15 is 0 Å². The number of hydrogen-bond acceptors (Lipinski definition) is 3. The van der Waals surface area contributed by atoms with Gasteiger partial charge in [0.05, 0.1) is 0 Å². The number of likely N-dealkylation sites (tertiary alicyclic amines) is 1. The third kappa shape index (κ3) is 2.61. The standard InChI is InChI=1S/C14H23N3O2/c1-9(10-7-15-8-10)14(19)17-6-2-3-12(17)13(18)16-11-4-5-11/h9-12,15H,2-8H2,1H3,(H,16,18). The van der Waals surface area contributed by atoms with Gasteiger partial charge in [-0.05, 0) is 44.7 Å². The highest BCUT2D eigenvalue weighted by molar-refractivity contribution is 5.89. The molecule has 0 aromatic heterocycles. The normalized spacial score (nSPS) is 28.9. The van der Waals surface area contributed by atoms with E-state index in [1.807, 2.05) is 11.8 Å². The molecule has 0 spiro atoms. The largest absolute Gasteiger partial charge is 0.352 e. The minimum absolute atomic E-state index is 0.0376. The first-order chi connectivity index (χ1) is 9.16. The van der Waals surface area contributed by atoms with Crippen molar-refractivity contribution in [1.82, 2.24) is 15.5 Å². The Bertz CT molecular complexity index is 377. The molecule has 0 bridgehead atoms. The second-order valence-corrected chi connectivity index (χ2v) is 6.18. The van der Waals surface area contributed by atoms with Crippen molar-refractivity contribution in [3.8, 4) is 0 Å². The molecule has 1 aliphatic carbocycles. The average molecular weight is 265 g/mol. The molecule has 1 saturated carbocycles. The van der Waals surface area contributed by atoms with Crippen molar-refractivity contribution in [3.63, 3.8) is 0 Å². The van der Waals surface area contributed by atoms with Gasteiger partial charge in [0, 0.05) is 18.5 Å². The Labute approximate surface area is 114 Å². The fraction of sp³-hybridized carbons (Fsp3) is 0.857. The Hall–Kier alpha value is -1.10. The topological polar surface area (TPSA) is 61.4 Å². The minimum atomic E-state index is -0.219. The van der Waals surface area contributed by atoms with Crippen LogP contribution in [0.25, 0.3) is 0 Å². The third-order valence-electron chi connectivity index (χ3n) is 4.67. The summed E-state index contributed by atoms with van der Waals surface area (Å²) in [5.41, 5.74) is 0. The van der Waals surface area contributed by atoms with Gasteiger partial charge in [0.25, 0.3) is 0 Å². The first-order valence-corrected chi connectivity index (χ1v) is 7.48. The first kappa shape index (κ1) is 12.9. The Morgan fingerprint density at radius 3 is 2.58 bits per heavy atom. The molecule has 3 rings (SSSR count). The Morgan fingerprint density at radius 1 is 1.26 bits per heavy atom. The summed E-state index contributed by atoms with van der Waals surface area (Å²) in [6, 6.07) is 0.155. The van der Waals surface area contributed by atoms with Gasteiger partial charge in [0.2, 0.25) is 11.8 Å². The zero-order valence-electron chi connectivity index (χ0n) is 11.5. The molecule has 106 valence electrons. The van der Waals surface area contributed by atoms with Crippen molar-refractivity contribution in [2.45, 2.75) is 44.7 Å². The van der Waals surface area contributed by atoms with E-state index < -0.39 is 0 Å². The zero-order chi connectivity index (χ0) is 13.4. The molecule has 3 aliphatic rings. The van der Waals surface area contributed by atoms with Crippen LogP contribution in [0.15, 0.2) is 0 Å². The maximum Gasteiger partial charge on any atom is 0.243 e. The van der Waals surface area contributed by atoms with Crippen LogP contribution in [0.5, 0.6) is 0 Å². The predicted octanol–water partition coefficient (Wildman–Crippen LogP) is 0.112. The van der Waals surface area contributed by atoms with Crippen LogP contribution in [0, 0.1) is 11.8 Å². The lowest BCUT2D eigenvalue weighted by Gasteiger charge is -2.35. The Morgan fingerprint density at radius 2 is 2.00 bits per heavy atom. The fourth-order valence-corrected chi connectivity index (χ4v) is 2.96. The lowest BCUT2D eigenvalue weighted by atomic mass is 9.88. The van der Waals surface area contributed by atoms with Gasteiger partial charge >= 0.3 is 0 Å². The molecular formula is C14H23N3O2. The highest BCUT2D eigenvalue weighted by Crippen LogP contribution is 2.26. The number of nitrogens with zero attached hydrogens (tertiary/aromatic N) is 1. The number of rotatable bonds is 4. The summed E-state index contributed by atoms with van der Waals surface area (Å²) in [6.07, 6.45) is 3.96. The quantitative estimate of drug-likeness (QED) is 0.758. The molecule has 2 unspecified atom stereocenters. The van der Waals surface area contributed by atoms with Gasteiger partial charge in [-0.25, -0.2) is 0 Å². The molecule has 5 heteroatoms. The van der Waals surface area contributed by atoms with Gasteiger partial charge in [-0.2, -0.15) is 0 Å². The predicted molar refractivity (Wildman–Crippen MR) is 71.4 cm³/mol. The van der Waals surface area contributed by atoms with Crippen molar-refractivity contribution in [2.75, 3.05) is 19.6 Å². The second kappa shape index (κ2) is 5.12. The van der Waals surface area contributed by atoms with Gasteiger partial charge in [-0.3, -0.25) is 9.59 Å². The van der Waals surface area contributed by atoms with Crippen LogP contribution < -0.4 is 10.6 Å². The summed E-state index contributed by atoms with van der Waals surface area (Å²) in [7, 11) is 0. The van der Waals surface area contributed by atoms with Crippen molar-refractivity contribution < 1.29 is 9.59 Å². The van der Waals surface area contributed by atoms with Gasteiger partial charge in [0.1, 0.15) is 6.04 Å². The Kier molecular flexibility index (Phi) is 3.48. The highest BCUT2D eigenvalue weighted by Gasteiger charge is 2.40. The van der Waals surface area contributed by atoms with E-state index in [0.29, 0.717) is 12.0 Å². The van der Waals surface area contributed by atoms with Gasteiger partial charge in [0.15, 0.2) is 0 Å². The maximum atomic E-state index is 12.5. The smallest absolute Gasteiger partial charge is 0.243 e. The van der Waals surface area contributed by atoms with Crippen LogP contribution >= 0.6 is 0 Å². The van der Waals surface area contributed by atoms with Crippen molar-refractivity contribution in [2.24, 2.45) is 11.8 Å². The van der Waals surface area contributed by atoms with E-state index in [1.165, 1.54) is 0 Å². The molecule has 0 radical (unpaired) electrons. The van der Waals surface area contributed by atoms with E-state index in [4.69, 9.17) is 0 Å². The molecule has 2 N–H and O–H groups in total. The van der Waals surface area contributed by atoms with E-state index in [2.05, 4.69) is 10.6 Å². The molecule has 3 fully saturated rings. The van der Waals surface area contributed by atoms with Crippen LogP contribution in [0.3, 0.4) is 0 Å². The van der Waals surface area contributed by atoms with Crippen molar-refractivity contribution in [1.29, 1.82) is 0 Å². The van der Waals surface area contributed by atoms with Crippen LogP contribution in [0.4, 0.5) is 0 Å². The van der Waals surface area contributed by atoms with Crippen LogP contribution in [0.2, 0.25) is 0 Å².